The lowest BCUT2D eigenvalue weighted by molar-refractivity contribution is 1.11. The fourth-order valence-corrected chi connectivity index (χ4v) is 3.92. The predicted octanol–water partition coefficient (Wildman–Crippen LogP) is 4.93. The van der Waals surface area contributed by atoms with Gasteiger partial charge in [-0.25, -0.2) is 0 Å². The lowest BCUT2D eigenvalue weighted by Gasteiger charge is -2.04. The first-order valence-corrected chi connectivity index (χ1v) is 9.91. The van der Waals surface area contributed by atoms with E-state index in [1.807, 2.05) is 42.9 Å². The Morgan fingerprint density at radius 1 is 0.742 bits per heavy atom. The summed E-state index contributed by atoms with van der Waals surface area (Å²) >= 11 is 0. The van der Waals surface area contributed by atoms with Gasteiger partial charge in [-0.05, 0) is 48.9 Å². The van der Waals surface area contributed by atoms with Crippen molar-refractivity contribution in [3.63, 3.8) is 0 Å². The van der Waals surface area contributed by atoms with Crippen molar-refractivity contribution in [1.29, 1.82) is 0 Å². The SMILES string of the molecule is Cc1ccncc1-c1cc2c(-c3cc4c(-c5ccncc5)nccc4[nH]3)n[nH]c2cn1. The van der Waals surface area contributed by atoms with Gasteiger partial charge in [0.1, 0.15) is 5.69 Å². The van der Waals surface area contributed by atoms with Crippen LogP contribution in [0.15, 0.2) is 73.6 Å². The lowest BCUT2D eigenvalue weighted by Crippen LogP contribution is -1.88. The van der Waals surface area contributed by atoms with Crippen LogP contribution >= 0.6 is 0 Å². The van der Waals surface area contributed by atoms with Gasteiger partial charge in [0.25, 0.3) is 0 Å². The summed E-state index contributed by atoms with van der Waals surface area (Å²) in [6.07, 6.45) is 10.8. The van der Waals surface area contributed by atoms with Crippen molar-refractivity contribution in [2.75, 3.05) is 0 Å². The Labute approximate surface area is 177 Å². The van der Waals surface area contributed by atoms with Crippen molar-refractivity contribution in [3.8, 4) is 33.9 Å². The third-order valence-corrected chi connectivity index (χ3v) is 5.52. The fraction of sp³-hybridized carbons (Fsp3) is 0.0417. The number of rotatable bonds is 3. The highest BCUT2D eigenvalue weighted by atomic mass is 15.1. The second-order valence-electron chi connectivity index (χ2n) is 7.42. The van der Waals surface area contributed by atoms with Crippen LogP contribution in [0.5, 0.6) is 0 Å². The topological polar surface area (TPSA) is 96.0 Å². The number of hydrogen-bond donors (Lipinski definition) is 2. The zero-order valence-electron chi connectivity index (χ0n) is 16.7. The molecule has 6 aromatic heterocycles. The van der Waals surface area contributed by atoms with Gasteiger partial charge in [-0.15, -0.1) is 0 Å². The molecule has 148 valence electrons. The minimum absolute atomic E-state index is 0.845. The Morgan fingerprint density at radius 2 is 1.58 bits per heavy atom. The third kappa shape index (κ3) is 2.86. The van der Waals surface area contributed by atoms with Crippen LogP contribution in [0.1, 0.15) is 5.56 Å². The minimum Gasteiger partial charge on any atom is -0.353 e. The number of nitrogens with zero attached hydrogens (tertiary/aromatic N) is 5. The fourth-order valence-electron chi connectivity index (χ4n) is 3.92. The molecule has 31 heavy (non-hydrogen) atoms. The molecule has 7 nitrogen and oxygen atoms in total. The Balaban J connectivity index is 1.52. The van der Waals surface area contributed by atoms with E-state index in [-0.39, 0.29) is 0 Å². The molecule has 6 heterocycles. The van der Waals surface area contributed by atoms with Gasteiger partial charge in [0.15, 0.2) is 0 Å². The molecule has 0 aliphatic carbocycles. The number of pyridine rings is 4. The van der Waals surface area contributed by atoms with Crippen LogP contribution < -0.4 is 0 Å². The highest BCUT2D eigenvalue weighted by Crippen LogP contribution is 2.33. The second kappa shape index (κ2) is 6.84. The monoisotopic (exact) mass is 403 g/mol. The molecule has 0 aromatic carbocycles. The summed E-state index contributed by atoms with van der Waals surface area (Å²) in [4.78, 5) is 21.1. The molecule has 0 unspecified atom stereocenters. The van der Waals surface area contributed by atoms with Crippen molar-refractivity contribution in [1.82, 2.24) is 35.1 Å². The summed E-state index contributed by atoms with van der Waals surface area (Å²) < 4.78 is 0. The van der Waals surface area contributed by atoms with Crippen LogP contribution in [0.3, 0.4) is 0 Å². The Morgan fingerprint density at radius 3 is 2.45 bits per heavy atom. The van der Waals surface area contributed by atoms with Crippen LogP contribution in [0.2, 0.25) is 0 Å². The Kier molecular flexibility index (Phi) is 3.86. The van der Waals surface area contributed by atoms with Gasteiger partial charge in [-0.1, -0.05) is 0 Å². The predicted molar refractivity (Wildman–Crippen MR) is 120 cm³/mol. The van der Waals surface area contributed by atoms with Crippen molar-refractivity contribution in [2.45, 2.75) is 6.92 Å². The number of nitrogens with one attached hydrogen (secondary N) is 2. The van der Waals surface area contributed by atoms with Gasteiger partial charge in [0.2, 0.25) is 0 Å². The van der Waals surface area contributed by atoms with Crippen LogP contribution in [0.4, 0.5) is 0 Å². The van der Waals surface area contributed by atoms with Crippen molar-refractivity contribution in [2.24, 2.45) is 0 Å². The molecule has 0 amide bonds. The van der Waals surface area contributed by atoms with E-state index >= 15 is 0 Å². The average Bonchev–Trinajstić information content (AvgIpc) is 3.43. The molecule has 0 aliphatic rings. The molecular weight excluding hydrogens is 386 g/mol. The Hall–Kier alpha value is -4.39. The van der Waals surface area contributed by atoms with E-state index < -0.39 is 0 Å². The van der Waals surface area contributed by atoms with Crippen LogP contribution in [0, 0.1) is 6.92 Å². The van der Waals surface area contributed by atoms with Gasteiger partial charge < -0.3 is 4.98 Å². The molecule has 0 bridgehead atoms. The van der Waals surface area contributed by atoms with E-state index in [0.29, 0.717) is 0 Å². The van der Waals surface area contributed by atoms with Gasteiger partial charge in [-0.3, -0.25) is 25.0 Å². The number of aromatic amines is 2. The van der Waals surface area contributed by atoms with Crippen LogP contribution in [-0.4, -0.2) is 35.1 Å². The van der Waals surface area contributed by atoms with Crippen LogP contribution in [-0.2, 0) is 0 Å². The summed E-state index contributed by atoms with van der Waals surface area (Å²) in [5.74, 6) is 0. The number of aromatic nitrogens is 7. The maximum atomic E-state index is 4.60. The van der Waals surface area contributed by atoms with Gasteiger partial charge >= 0.3 is 0 Å². The zero-order chi connectivity index (χ0) is 20.8. The molecule has 2 N–H and O–H groups in total. The van der Waals surface area contributed by atoms with E-state index in [9.17, 15) is 0 Å². The zero-order valence-corrected chi connectivity index (χ0v) is 16.7. The highest BCUT2D eigenvalue weighted by molar-refractivity contribution is 6.00. The summed E-state index contributed by atoms with van der Waals surface area (Å²) in [5.41, 5.74) is 8.60. The smallest absolute Gasteiger partial charge is 0.116 e. The molecule has 0 spiro atoms. The number of H-pyrrole nitrogens is 2. The quantitative estimate of drug-likeness (QED) is 0.437. The largest absolute Gasteiger partial charge is 0.353 e. The summed E-state index contributed by atoms with van der Waals surface area (Å²) in [6.45, 7) is 2.06. The van der Waals surface area contributed by atoms with Crippen molar-refractivity contribution < 1.29 is 0 Å². The first-order chi connectivity index (χ1) is 15.3. The maximum Gasteiger partial charge on any atom is 0.116 e. The standard InChI is InChI=1S/C24H17N7/c1-14-2-6-26-12-18(14)20-10-17-22(13-28-20)30-31-24(17)21-11-16-19(29-21)5-9-27-23(16)15-3-7-25-8-4-15/h2-13,29H,1H3,(H,30,31). The molecule has 0 aliphatic heterocycles. The summed E-state index contributed by atoms with van der Waals surface area (Å²) in [5, 5.41) is 9.71. The minimum atomic E-state index is 0.845. The van der Waals surface area contributed by atoms with Gasteiger partial charge in [0, 0.05) is 58.4 Å². The van der Waals surface area contributed by atoms with Gasteiger partial charge in [0.05, 0.1) is 28.8 Å². The normalized spacial score (nSPS) is 11.4. The number of aryl methyl sites for hydroxylation is 1. The van der Waals surface area contributed by atoms with E-state index in [2.05, 4.69) is 54.2 Å². The Bertz CT molecular complexity index is 1550. The highest BCUT2D eigenvalue weighted by Gasteiger charge is 2.15. The first kappa shape index (κ1) is 17.5. The molecular formula is C24H17N7. The second-order valence-corrected chi connectivity index (χ2v) is 7.42. The molecule has 7 heteroatoms. The van der Waals surface area contributed by atoms with Gasteiger partial charge in [-0.2, -0.15) is 5.10 Å². The maximum absolute atomic E-state index is 4.60. The van der Waals surface area contributed by atoms with E-state index in [1.54, 1.807) is 18.6 Å². The molecule has 0 saturated heterocycles. The molecule has 6 rings (SSSR count). The molecule has 0 radical (unpaired) electrons. The molecule has 6 aromatic rings. The van der Waals surface area contributed by atoms with E-state index in [1.165, 1.54) is 0 Å². The summed E-state index contributed by atoms with van der Waals surface area (Å²) in [7, 11) is 0. The van der Waals surface area contributed by atoms with E-state index in [0.717, 1.165) is 61.3 Å². The number of fused-ring (bicyclic) bond motifs is 2. The third-order valence-electron chi connectivity index (χ3n) is 5.52. The van der Waals surface area contributed by atoms with Crippen LogP contribution in [0.25, 0.3) is 55.7 Å². The van der Waals surface area contributed by atoms with E-state index in [4.69, 9.17) is 0 Å². The molecule has 0 fully saturated rings. The molecule has 0 saturated carbocycles. The van der Waals surface area contributed by atoms with Crippen molar-refractivity contribution in [3.05, 3.63) is 79.1 Å². The average molecular weight is 403 g/mol. The molecule has 0 atom stereocenters. The van der Waals surface area contributed by atoms with Crippen molar-refractivity contribution >= 4 is 21.8 Å². The lowest BCUT2D eigenvalue weighted by atomic mass is 10.1. The summed E-state index contributed by atoms with van der Waals surface area (Å²) in [6, 6.07) is 12.1. The first-order valence-electron chi connectivity index (χ1n) is 9.91. The number of hydrogen-bond acceptors (Lipinski definition) is 5.